The third-order valence-electron chi connectivity index (χ3n) is 3.48. The first-order valence-corrected chi connectivity index (χ1v) is 5.55. The first-order valence-electron chi connectivity index (χ1n) is 5.55. The molecule has 1 aromatic carbocycles. The van der Waals surface area contributed by atoms with Gasteiger partial charge in [-0.05, 0) is 18.6 Å². The standard InChI is InChI=1S/C12H16N2O/c13-7-11-12-6-10(8-15-12)14(11)9-4-2-1-3-5-9/h1-5,10-12H,6-8,13H2. The molecule has 2 aliphatic rings. The molecule has 3 nitrogen and oxygen atoms in total. The highest BCUT2D eigenvalue weighted by atomic mass is 16.5. The Morgan fingerprint density at radius 3 is 2.87 bits per heavy atom. The van der Waals surface area contributed by atoms with Gasteiger partial charge in [-0.3, -0.25) is 0 Å². The van der Waals surface area contributed by atoms with E-state index in [0.717, 1.165) is 13.0 Å². The zero-order chi connectivity index (χ0) is 10.3. The average molecular weight is 204 g/mol. The molecule has 80 valence electrons. The minimum Gasteiger partial charge on any atom is -0.374 e. The first kappa shape index (κ1) is 9.19. The molecule has 1 aromatic rings. The molecule has 0 spiro atoms. The van der Waals surface area contributed by atoms with Crippen LogP contribution in [0.25, 0.3) is 0 Å². The minimum absolute atomic E-state index is 0.347. The van der Waals surface area contributed by atoms with E-state index < -0.39 is 0 Å². The molecule has 0 aromatic heterocycles. The van der Waals surface area contributed by atoms with Crippen molar-refractivity contribution in [1.82, 2.24) is 0 Å². The van der Waals surface area contributed by atoms with Crippen LogP contribution in [0.15, 0.2) is 30.3 Å². The van der Waals surface area contributed by atoms with Gasteiger partial charge in [0.1, 0.15) is 0 Å². The van der Waals surface area contributed by atoms with Crippen molar-refractivity contribution >= 4 is 5.69 Å². The Kier molecular flexibility index (Phi) is 2.15. The predicted molar refractivity (Wildman–Crippen MR) is 59.9 cm³/mol. The van der Waals surface area contributed by atoms with Gasteiger partial charge in [0.25, 0.3) is 0 Å². The summed E-state index contributed by atoms with van der Waals surface area (Å²) in [5.74, 6) is 0. The van der Waals surface area contributed by atoms with E-state index in [-0.39, 0.29) is 0 Å². The van der Waals surface area contributed by atoms with Crippen LogP contribution < -0.4 is 10.6 Å². The van der Waals surface area contributed by atoms with Crippen LogP contribution in [0.3, 0.4) is 0 Å². The van der Waals surface area contributed by atoms with E-state index in [0.29, 0.717) is 24.7 Å². The van der Waals surface area contributed by atoms with Gasteiger partial charge in [-0.1, -0.05) is 18.2 Å². The second-order valence-corrected chi connectivity index (χ2v) is 4.31. The number of ether oxygens (including phenoxy) is 1. The van der Waals surface area contributed by atoms with Crippen molar-refractivity contribution in [3.05, 3.63) is 30.3 Å². The molecule has 2 heterocycles. The molecule has 0 radical (unpaired) electrons. The molecule has 0 amide bonds. The van der Waals surface area contributed by atoms with Crippen molar-refractivity contribution in [2.45, 2.75) is 24.6 Å². The molecule has 2 bridgehead atoms. The Hall–Kier alpha value is -1.06. The van der Waals surface area contributed by atoms with Crippen molar-refractivity contribution in [2.75, 3.05) is 18.1 Å². The lowest BCUT2D eigenvalue weighted by Gasteiger charge is -2.36. The fraction of sp³-hybridized carbons (Fsp3) is 0.500. The summed E-state index contributed by atoms with van der Waals surface area (Å²) < 4.78 is 5.69. The molecular formula is C12H16N2O. The molecule has 3 unspecified atom stereocenters. The van der Waals surface area contributed by atoms with Crippen LogP contribution in [-0.2, 0) is 4.74 Å². The van der Waals surface area contributed by atoms with Crippen molar-refractivity contribution in [1.29, 1.82) is 0 Å². The van der Waals surface area contributed by atoms with E-state index in [2.05, 4.69) is 29.2 Å². The summed E-state index contributed by atoms with van der Waals surface area (Å²) in [5, 5.41) is 0. The largest absolute Gasteiger partial charge is 0.374 e. The predicted octanol–water partition coefficient (Wildman–Crippen LogP) is 0.991. The van der Waals surface area contributed by atoms with Gasteiger partial charge in [0.2, 0.25) is 0 Å². The van der Waals surface area contributed by atoms with Crippen molar-refractivity contribution in [3.8, 4) is 0 Å². The fourth-order valence-electron chi connectivity index (χ4n) is 2.82. The summed E-state index contributed by atoms with van der Waals surface area (Å²) in [7, 11) is 0. The maximum atomic E-state index is 5.83. The number of rotatable bonds is 2. The quantitative estimate of drug-likeness (QED) is 0.780. The van der Waals surface area contributed by atoms with Crippen LogP contribution in [-0.4, -0.2) is 31.3 Å². The van der Waals surface area contributed by atoms with Gasteiger partial charge in [-0.15, -0.1) is 0 Å². The molecule has 2 saturated heterocycles. The molecule has 0 saturated carbocycles. The third-order valence-corrected chi connectivity index (χ3v) is 3.48. The zero-order valence-corrected chi connectivity index (χ0v) is 8.67. The zero-order valence-electron chi connectivity index (χ0n) is 8.67. The maximum Gasteiger partial charge on any atom is 0.0812 e. The van der Waals surface area contributed by atoms with Crippen LogP contribution in [0.4, 0.5) is 5.69 Å². The van der Waals surface area contributed by atoms with Crippen LogP contribution >= 0.6 is 0 Å². The third kappa shape index (κ3) is 1.34. The van der Waals surface area contributed by atoms with Gasteiger partial charge in [0.15, 0.2) is 0 Å². The SMILES string of the molecule is NCC1C2CC(CO2)N1c1ccccc1. The minimum atomic E-state index is 0.347. The Labute approximate surface area is 89.8 Å². The van der Waals surface area contributed by atoms with Crippen LogP contribution in [0.1, 0.15) is 6.42 Å². The Morgan fingerprint density at radius 2 is 2.13 bits per heavy atom. The fourth-order valence-corrected chi connectivity index (χ4v) is 2.82. The molecule has 0 aliphatic carbocycles. The molecule has 15 heavy (non-hydrogen) atoms. The number of para-hydroxylation sites is 1. The van der Waals surface area contributed by atoms with Crippen LogP contribution in [0, 0.1) is 0 Å². The molecule has 3 atom stereocenters. The van der Waals surface area contributed by atoms with Crippen molar-refractivity contribution in [2.24, 2.45) is 5.73 Å². The van der Waals surface area contributed by atoms with Crippen molar-refractivity contribution < 1.29 is 4.74 Å². The van der Waals surface area contributed by atoms with Gasteiger partial charge in [0.05, 0.1) is 24.8 Å². The molecule has 2 N–H and O–H groups in total. The number of hydrogen-bond acceptors (Lipinski definition) is 3. The van der Waals surface area contributed by atoms with Gasteiger partial charge < -0.3 is 15.4 Å². The monoisotopic (exact) mass is 204 g/mol. The highest BCUT2D eigenvalue weighted by Crippen LogP contribution is 2.36. The first-order chi connectivity index (χ1) is 7.40. The van der Waals surface area contributed by atoms with Crippen LogP contribution in [0.5, 0.6) is 0 Å². The lowest BCUT2D eigenvalue weighted by molar-refractivity contribution is 0.0720. The highest BCUT2D eigenvalue weighted by Gasteiger charge is 2.46. The molecule has 2 fully saturated rings. The molecule has 2 aliphatic heterocycles. The van der Waals surface area contributed by atoms with Gasteiger partial charge in [0, 0.05) is 12.2 Å². The summed E-state index contributed by atoms with van der Waals surface area (Å²) in [6.45, 7) is 1.53. The molecule has 3 heteroatoms. The topological polar surface area (TPSA) is 38.5 Å². The smallest absolute Gasteiger partial charge is 0.0812 e. The van der Waals surface area contributed by atoms with Gasteiger partial charge >= 0.3 is 0 Å². The summed E-state index contributed by atoms with van der Waals surface area (Å²) in [6.07, 6.45) is 1.48. The Morgan fingerprint density at radius 1 is 1.33 bits per heavy atom. The number of nitrogens with zero attached hydrogens (tertiary/aromatic N) is 1. The van der Waals surface area contributed by atoms with Crippen LogP contribution in [0.2, 0.25) is 0 Å². The van der Waals surface area contributed by atoms with Gasteiger partial charge in [-0.2, -0.15) is 0 Å². The number of anilines is 1. The number of hydrogen-bond donors (Lipinski definition) is 1. The summed E-state index contributed by atoms with van der Waals surface area (Å²) >= 11 is 0. The normalized spacial score (nSPS) is 33.7. The van der Waals surface area contributed by atoms with Gasteiger partial charge in [-0.25, -0.2) is 0 Å². The van der Waals surface area contributed by atoms with E-state index in [1.165, 1.54) is 5.69 Å². The van der Waals surface area contributed by atoms with E-state index in [1.54, 1.807) is 0 Å². The number of fused-ring (bicyclic) bond motifs is 2. The molecule has 3 rings (SSSR count). The second kappa shape index (κ2) is 3.51. The summed E-state index contributed by atoms with van der Waals surface area (Å²) in [6, 6.07) is 11.4. The molecular weight excluding hydrogens is 188 g/mol. The summed E-state index contributed by atoms with van der Waals surface area (Å²) in [4.78, 5) is 2.44. The Balaban J connectivity index is 1.92. The van der Waals surface area contributed by atoms with Crippen molar-refractivity contribution in [3.63, 3.8) is 0 Å². The Bertz CT molecular complexity index is 341. The maximum absolute atomic E-state index is 5.83. The number of nitrogens with two attached hydrogens (primary N) is 1. The number of morpholine rings is 1. The number of benzene rings is 1. The van der Waals surface area contributed by atoms with E-state index in [1.807, 2.05) is 6.07 Å². The lowest BCUT2D eigenvalue weighted by atomic mass is 10.1. The summed E-state index contributed by atoms with van der Waals surface area (Å²) in [5.41, 5.74) is 7.11. The van der Waals surface area contributed by atoms with E-state index in [4.69, 9.17) is 10.5 Å². The second-order valence-electron chi connectivity index (χ2n) is 4.31. The lowest BCUT2D eigenvalue weighted by Crippen LogP contribution is -2.49. The average Bonchev–Trinajstić information content (AvgIpc) is 2.89. The van der Waals surface area contributed by atoms with E-state index >= 15 is 0 Å². The highest BCUT2D eigenvalue weighted by molar-refractivity contribution is 5.51. The van der Waals surface area contributed by atoms with E-state index in [9.17, 15) is 0 Å².